The van der Waals surface area contributed by atoms with Gasteiger partial charge < -0.3 is 0 Å². The lowest BCUT2D eigenvalue weighted by Gasteiger charge is -2.01. The Bertz CT molecular complexity index is 290. The van der Waals surface area contributed by atoms with E-state index in [-0.39, 0.29) is 5.78 Å². The van der Waals surface area contributed by atoms with Gasteiger partial charge in [0.2, 0.25) is 0 Å². The van der Waals surface area contributed by atoms with Gasteiger partial charge in [-0.05, 0) is 18.4 Å². The van der Waals surface area contributed by atoms with E-state index in [2.05, 4.69) is 41.6 Å². The highest BCUT2D eigenvalue weighted by atomic mass is 127. The third kappa shape index (κ3) is 3.40. The Hall–Kier alpha value is -0.380. The van der Waals surface area contributed by atoms with Gasteiger partial charge in [0.15, 0.2) is 5.78 Å². The average Bonchev–Trinajstić information content (AvgIpc) is 2.26. The summed E-state index contributed by atoms with van der Waals surface area (Å²) >= 11 is 2.10. The van der Waals surface area contributed by atoms with Crippen LogP contribution in [0.25, 0.3) is 0 Å². The predicted molar refractivity (Wildman–Crippen MR) is 68.3 cm³/mol. The maximum absolute atomic E-state index is 11.3. The second-order valence-electron chi connectivity index (χ2n) is 3.36. The predicted octanol–water partition coefficient (Wildman–Crippen LogP) is 3.65. The molecule has 0 saturated carbocycles. The third-order valence-corrected chi connectivity index (χ3v) is 2.91. The maximum atomic E-state index is 11.3. The first-order valence-corrected chi connectivity index (χ1v) is 6.48. The molecule has 0 heterocycles. The number of rotatable bonds is 5. The van der Waals surface area contributed by atoms with Crippen LogP contribution >= 0.6 is 22.6 Å². The summed E-state index contributed by atoms with van der Waals surface area (Å²) in [5.41, 5.74) is 2.16. The zero-order valence-corrected chi connectivity index (χ0v) is 10.6. The second-order valence-corrected chi connectivity index (χ2v) is 4.12. The van der Waals surface area contributed by atoms with Gasteiger partial charge in [-0.2, -0.15) is 0 Å². The van der Waals surface area contributed by atoms with E-state index in [0.717, 1.165) is 12.0 Å². The van der Waals surface area contributed by atoms with Crippen molar-refractivity contribution >= 4 is 28.4 Å². The molecule has 1 aromatic carbocycles. The van der Waals surface area contributed by atoms with Crippen LogP contribution in [0.4, 0.5) is 0 Å². The molecule has 0 atom stereocenters. The van der Waals surface area contributed by atoms with Crippen LogP contribution in [-0.2, 0) is 6.42 Å². The molecule has 0 unspecified atom stereocenters. The summed E-state index contributed by atoms with van der Waals surface area (Å²) in [5.74, 6) is 0.215. The van der Waals surface area contributed by atoms with Crippen molar-refractivity contribution in [3.63, 3.8) is 0 Å². The van der Waals surface area contributed by atoms with Gasteiger partial charge in [-0.3, -0.25) is 4.79 Å². The van der Waals surface area contributed by atoms with Crippen molar-refractivity contribution in [3.8, 4) is 0 Å². The molecule has 2 heteroatoms. The van der Waals surface area contributed by atoms with Crippen LogP contribution in [0.2, 0.25) is 0 Å². The lowest BCUT2D eigenvalue weighted by Crippen LogP contribution is -1.99. The maximum Gasteiger partial charge on any atom is 0.172 e. The highest BCUT2D eigenvalue weighted by Gasteiger charge is 2.02. The first kappa shape index (κ1) is 11.7. The van der Waals surface area contributed by atoms with Crippen LogP contribution in [0.1, 0.15) is 35.7 Å². The van der Waals surface area contributed by atoms with E-state index in [1.54, 1.807) is 0 Å². The van der Waals surface area contributed by atoms with Gasteiger partial charge in [-0.25, -0.2) is 0 Å². The third-order valence-electron chi connectivity index (χ3n) is 2.22. The molecule has 0 amide bonds. The number of aryl methyl sites for hydroxylation is 1. The van der Waals surface area contributed by atoms with Crippen LogP contribution in [-0.4, -0.2) is 10.2 Å². The molecule has 0 aliphatic heterocycles. The topological polar surface area (TPSA) is 17.1 Å². The van der Waals surface area contributed by atoms with Crippen molar-refractivity contribution in [2.75, 3.05) is 4.43 Å². The highest BCUT2D eigenvalue weighted by Crippen LogP contribution is 2.09. The van der Waals surface area contributed by atoms with Gasteiger partial charge in [0.1, 0.15) is 0 Å². The van der Waals surface area contributed by atoms with Gasteiger partial charge in [-0.1, -0.05) is 60.2 Å². The lowest BCUT2D eigenvalue weighted by atomic mass is 10.1. The van der Waals surface area contributed by atoms with Crippen LogP contribution in [0, 0.1) is 0 Å². The molecule has 14 heavy (non-hydrogen) atoms. The summed E-state index contributed by atoms with van der Waals surface area (Å²) in [6.45, 7) is 2.19. The van der Waals surface area contributed by atoms with Crippen molar-refractivity contribution in [1.82, 2.24) is 0 Å². The fourth-order valence-corrected chi connectivity index (χ4v) is 1.76. The largest absolute Gasteiger partial charge is 0.293 e. The zero-order chi connectivity index (χ0) is 10.4. The van der Waals surface area contributed by atoms with Crippen LogP contribution in [0.5, 0.6) is 0 Å². The van der Waals surface area contributed by atoms with Gasteiger partial charge in [-0.15, -0.1) is 0 Å². The lowest BCUT2D eigenvalue weighted by molar-refractivity contribution is 0.102. The van der Waals surface area contributed by atoms with Crippen molar-refractivity contribution in [1.29, 1.82) is 0 Å². The van der Waals surface area contributed by atoms with E-state index in [9.17, 15) is 4.79 Å². The standard InChI is InChI=1S/C12H15IO/c1-2-3-4-10-5-7-11(8-6-10)12(14)9-13/h5-8H,2-4,9H2,1H3. The van der Waals surface area contributed by atoms with Crippen LogP contribution in [0.3, 0.4) is 0 Å². The first-order chi connectivity index (χ1) is 6.77. The Morgan fingerprint density at radius 2 is 1.93 bits per heavy atom. The fraction of sp³-hybridized carbons (Fsp3) is 0.417. The number of carbonyl (C=O) groups excluding carboxylic acids is 1. The summed E-state index contributed by atoms with van der Waals surface area (Å²) < 4.78 is 0.562. The summed E-state index contributed by atoms with van der Waals surface area (Å²) in [7, 11) is 0. The number of unbranched alkanes of at least 4 members (excludes halogenated alkanes) is 1. The number of halogens is 1. The summed E-state index contributed by atoms with van der Waals surface area (Å²) in [6.07, 6.45) is 3.56. The smallest absolute Gasteiger partial charge is 0.172 e. The van der Waals surface area contributed by atoms with Crippen LogP contribution in [0.15, 0.2) is 24.3 Å². The minimum absolute atomic E-state index is 0.215. The molecule has 0 aliphatic carbocycles. The van der Waals surface area contributed by atoms with E-state index in [0.29, 0.717) is 4.43 Å². The molecule has 1 aromatic rings. The molecule has 76 valence electrons. The number of carbonyl (C=O) groups is 1. The zero-order valence-electron chi connectivity index (χ0n) is 8.42. The molecule has 0 fully saturated rings. The fourth-order valence-electron chi connectivity index (χ4n) is 1.32. The van der Waals surface area contributed by atoms with Crippen molar-refractivity contribution in [3.05, 3.63) is 35.4 Å². The molecular formula is C12H15IO. The molecule has 1 rings (SSSR count). The Kier molecular flexibility index (Phi) is 5.15. The normalized spacial score (nSPS) is 10.1. The molecule has 0 bridgehead atoms. The van der Waals surface area contributed by atoms with Gasteiger partial charge in [0.05, 0.1) is 4.43 Å². The highest BCUT2D eigenvalue weighted by molar-refractivity contribution is 14.1. The summed E-state index contributed by atoms with van der Waals surface area (Å²) in [6, 6.07) is 8.00. The van der Waals surface area contributed by atoms with E-state index in [4.69, 9.17) is 0 Å². The first-order valence-electron chi connectivity index (χ1n) is 4.96. The number of Topliss-reactive ketones (excluding diaryl/α,β-unsaturated/α-hetero) is 1. The molecule has 0 N–H and O–H groups in total. The Morgan fingerprint density at radius 3 is 2.43 bits per heavy atom. The molecule has 0 saturated heterocycles. The van der Waals surface area contributed by atoms with Gasteiger partial charge in [0.25, 0.3) is 0 Å². The van der Waals surface area contributed by atoms with E-state index >= 15 is 0 Å². The molecule has 0 spiro atoms. The van der Waals surface area contributed by atoms with E-state index in [1.807, 2.05) is 12.1 Å². The molecule has 0 aromatic heterocycles. The SMILES string of the molecule is CCCCc1ccc(C(=O)CI)cc1. The average molecular weight is 302 g/mol. The summed E-state index contributed by atoms with van der Waals surface area (Å²) in [4.78, 5) is 11.3. The minimum atomic E-state index is 0.215. The van der Waals surface area contributed by atoms with Gasteiger partial charge in [0, 0.05) is 5.56 Å². The second kappa shape index (κ2) is 6.17. The number of ketones is 1. The quantitative estimate of drug-likeness (QED) is 0.461. The van der Waals surface area contributed by atoms with Crippen LogP contribution < -0.4 is 0 Å². The Morgan fingerprint density at radius 1 is 1.29 bits per heavy atom. The molecule has 0 radical (unpaired) electrons. The van der Waals surface area contributed by atoms with Crippen molar-refractivity contribution in [2.24, 2.45) is 0 Å². The van der Waals surface area contributed by atoms with Crippen molar-refractivity contribution in [2.45, 2.75) is 26.2 Å². The monoisotopic (exact) mass is 302 g/mol. The minimum Gasteiger partial charge on any atom is -0.293 e. The number of hydrogen-bond donors (Lipinski definition) is 0. The number of benzene rings is 1. The molecule has 0 aliphatic rings. The number of alkyl halides is 1. The van der Waals surface area contributed by atoms with E-state index < -0.39 is 0 Å². The Balaban J connectivity index is 2.63. The molecule has 1 nitrogen and oxygen atoms in total. The Labute approximate surface area is 99.0 Å². The van der Waals surface area contributed by atoms with Crippen molar-refractivity contribution < 1.29 is 4.79 Å². The number of hydrogen-bond acceptors (Lipinski definition) is 1. The van der Waals surface area contributed by atoms with E-state index in [1.165, 1.54) is 18.4 Å². The summed E-state index contributed by atoms with van der Waals surface area (Å²) in [5, 5.41) is 0. The molecular weight excluding hydrogens is 287 g/mol. The van der Waals surface area contributed by atoms with Gasteiger partial charge >= 0.3 is 0 Å².